The maximum Gasteiger partial charge on any atom is 0.205 e. The molecular weight excluding hydrogens is 457 g/mol. The average molecular weight is 494 g/mol. The molecule has 0 radical (unpaired) electrons. The van der Waals surface area contributed by atoms with Crippen molar-refractivity contribution in [1.29, 1.82) is 0 Å². The van der Waals surface area contributed by atoms with Crippen LogP contribution in [0.4, 0.5) is 0 Å². The molecule has 0 saturated carbocycles. The number of benzene rings is 4. The molecule has 4 rings (SSSR count). The van der Waals surface area contributed by atoms with Gasteiger partial charge in [0.25, 0.3) is 0 Å². The van der Waals surface area contributed by atoms with Crippen LogP contribution in [0.2, 0.25) is 0 Å². The molecule has 0 aliphatic carbocycles. The van der Waals surface area contributed by atoms with Gasteiger partial charge < -0.3 is 0 Å². The zero-order chi connectivity index (χ0) is 25.2. The molecule has 0 aliphatic rings. The zero-order valence-corrected chi connectivity index (χ0v) is 22.2. The second kappa shape index (κ2) is 12.7. The Morgan fingerprint density at radius 1 is 0.694 bits per heavy atom. The highest BCUT2D eigenvalue weighted by Crippen LogP contribution is 2.44. The Morgan fingerprint density at radius 2 is 1.19 bits per heavy atom. The summed E-state index contributed by atoms with van der Waals surface area (Å²) in [6.45, 7) is 4.42. The molecular formula is C33H36NOP. The Kier molecular flexibility index (Phi) is 9.11. The summed E-state index contributed by atoms with van der Waals surface area (Å²) < 4.78 is 14.9. The molecule has 0 spiro atoms. The number of hydrogen-bond acceptors (Lipinski definition) is 1. The fraction of sp³-hybridized carbons (Fsp3) is 0.212. The highest BCUT2D eigenvalue weighted by atomic mass is 31.2. The maximum absolute atomic E-state index is 14.9. The van der Waals surface area contributed by atoms with Crippen LogP contribution in [-0.4, -0.2) is 0 Å². The first-order valence-corrected chi connectivity index (χ1v) is 14.7. The molecule has 1 N–H and O–H groups in total. The highest BCUT2D eigenvalue weighted by molar-refractivity contribution is 7.76. The molecule has 4 aromatic rings. The second-order valence-corrected chi connectivity index (χ2v) is 11.7. The Bertz CT molecular complexity index is 1240. The maximum atomic E-state index is 14.9. The van der Waals surface area contributed by atoms with E-state index in [0.29, 0.717) is 0 Å². The number of hydrogen-bond donors (Lipinski definition) is 1. The van der Waals surface area contributed by atoms with Gasteiger partial charge in [-0.1, -0.05) is 129 Å². The van der Waals surface area contributed by atoms with E-state index >= 15 is 0 Å². The largest absolute Gasteiger partial charge is 0.296 e. The van der Waals surface area contributed by atoms with Gasteiger partial charge in [-0.3, -0.25) is 4.57 Å². The summed E-state index contributed by atoms with van der Waals surface area (Å²) in [5.74, 6) is 0. The molecule has 3 heteroatoms. The van der Waals surface area contributed by atoms with E-state index in [-0.39, 0.29) is 6.04 Å². The van der Waals surface area contributed by atoms with Crippen LogP contribution < -0.4 is 15.7 Å². The molecule has 2 nitrogen and oxygen atoms in total. The molecule has 0 amide bonds. The van der Waals surface area contributed by atoms with Crippen LogP contribution in [0.15, 0.2) is 127 Å². The van der Waals surface area contributed by atoms with E-state index in [0.717, 1.165) is 41.9 Å². The lowest BCUT2D eigenvalue weighted by molar-refractivity contribution is 0.568. The van der Waals surface area contributed by atoms with E-state index in [9.17, 15) is 4.57 Å². The van der Waals surface area contributed by atoms with E-state index in [4.69, 9.17) is 0 Å². The number of unbranched alkanes of at least 4 members (excludes halogenated alkanes) is 1. The van der Waals surface area contributed by atoms with Crippen LogP contribution in [0.5, 0.6) is 0 Å². The van der Waals surface area contributed by atoms with Crippen molar-refractivity contribution in [1.82, 2.24) is 5.09 Å². The molecule has 0 heterocycles. The third kappa shape index (κ3) is 6.13. The van der Waals surface area contributed by atoms with Crippen molar-refractivity contribution in [3.8, 4) is 11.1 Å². The monoisotopic (exact) mass is 493 g/mol. The van der Waals surface area contributed by atoms with Gasteiger partial charge in [0, 0.05) is 10.6 Å². The third-order valence-corrected chi connectivity index (χ3v) is 9.18. The van der Waals surface area contributed by atoms with Crippen LogP contribution in [0.1, 0.15) is 51.1 Å². The molecule has 4 aromatic carbocycles. The van der Waals surface area contributed by atoms with Gasteiger partial charge in [0.2, 0.25) is 7.29 Å². The Hall–Kier alpha value is -3.19. The van der Waals surface area contributed by atoms with Crippen molar-refractivity contribution < 1.29 is 4.57 Å². The summed E-state index contributed by atoms with van der Waals surface area (Å²) >= 11 is 0. The van der Waals surface area contributed by atoms with Gasteiger partial charge in [0.15, 0.2) is 0 Å². The van der Waals surface area contributed by atoms with Crippen molar-refractivity contribution in [2.75, 3.05) is 0 Å². The average Bonchev–Trinajstić information content (AvgIpc) is 2.95. The molecule has 0 aromatic heterocycles. The Morgan fingerprint density at radius 3 is 1.69 bits per heavy atom. The van der Waals surface area contributed by atoms with Crippen molar-refractivity contribution in [3.63, 3.8) is 0 Å². The van der Waals surface area contributed by atoms with E-state index in [1.165, 1.54) is 16.7 Å². The molecule has 0 fully saturated rings. The number of rotatable bonds is 11. The van der Waals surface area contributed by atoms with E-state index < -0.39 is 7.29 Å². The van der Waals surface area contributed by atoms with Gasteiger partial charge in [-0.15, -0.1) is 0 Å². The van der Waals surface area contributed by atoms with Gasteiger partial charge in [-0.2, -0.15) is 0 Å². The minimum Gasteiger partial charge on any atom is -0.296 e. The number of allylic oxidation sites excluding steroid dienone is 1. The smallest absolute Gasteiger partial charge is 0.205 e. The van der Waals surface area contributed by atoms with Crippen LogP contribution in [0.25, 0.3) is 11.1 Å². The lowest BCUT2D eigenvalue weighted by atomic mass is 9.93. The molecule has 0 saturated heterocycles. The fourth-order valence-corrected chi connectivity index (χ4v) is 7.07. The van der Waals surface area contributed by atoms with Gasteiger partial charge in [-0.25, -0.2) is 5.09 Å². The first-order valence-electron chi connectivity index (χ1n) is 13.0. The van der Waals surface area contributed by atoms with E-state index in [1.54, 1.807) is 0 Å². The lowest BCUT2D eigenvalue weighted by Crippen LogP contribution is -2.31. The quantitative estimate of drug-likeness (QED) is 0.168. The summed E-state index contributed by atoms with van der Waals surface area (Å²) in [6, 6.07) is 38.8. The first kappa shape index (κ1) is 25.9. The second-order valence-electron chi connectivity index (χ2n) is 9.15. The SMILES string of the molecule is CCCC=C(CCC)[C@@H](NP(=O)(c1ccccc1)c1ccccc1)c1ccc(-c2ccccc2)cc1. The van der Waals surface area contributed by atoms with Crippen LogP contribution in [-0.2, 0) is 4.57 Å². The van der Waals surface area contributed by atoms with Gasteiger partial charge in [0.1, 0.15) is 0 Å². The molecule has 0 unspecified atom stereocenters. The Labute approximate surface area is 216 Å². The summed E-state index contributed by atoms with van der Waals surface area (Å²) in [5, 5.41) is 5.37. The van der Waals surface area contributed by atoms with Crippen LogP contribution in [0, 0.1) is 0 Å². The molecule has 1 atom stereocenters. The van der Waals surface area contributed by atoms with Crippen LogP contribution in [0.3, 0.4) is 0 Å². The zero-order valence-electron chi connectivity index (χ0n) is 21.3. The predicted molar refractivity (Wildman–Crippen MR) is 155 cm³/mol. The lowest BCUT2D eigenvalue weighted by Gasteiger charge is -2.29. The van der Waals surface area contributed by atoms with E-state index in [1.807, 2.05) is 66.7 Å². The van der Waals surface area contributed by atoms with Gasteiger partial charge in [0.05, 0.1) is 6.04 Å². The number of nitrogens with one attached hydrogen (secondary N) is 1. The molecule has 0 bridgehead atoms. The van der Waals surface area contributed by atoms with Crippen LogP contribution >= 0.6 is 7.29 Å². The minimum absolute atomic E-state index is 0.146. The van der Waals surface area contributed by atoms with Crippen molar-refractivity contribution in [2.45, 2.75) is 45.6 Å². The molecule has 0 aliphatic heterocycles. The summed E-state index contributed by atoms with van der Waals surface area (Å²) in [4.78, 5) is 0. The molecule has 184 valence electrons. The third-order valence-electron chi connectivity index (χ3n) is 6.51. The topological polar surface area (TPSA) is 29.1 Å². The van der Waals surface area contributed by atoms with Crippen molar-refractivity contribution >= 4 is 17.9 Å². The standard InChI is InChI=1S/C33H36NOP/c1-3-5-16-29(15-4-2)33(30-25-23-28(24-26-30)27-17-9-6-10-18-27)34-36(35,31-19-11-7-12-20-31)32-21-13-8-14-22-32/h6-14,16-26,33H,3-5,15H2,1-2H3,(H,34,35)/t33-/m1/s1. The van der Waals surface area contributed by atoms with Gasteiger partial charge >= 0.3 is 0 Å². The van der Waals surface area contributed by atoms with Gasteiger partial charge in [-0.05, 0) is 53.8 Å². The fourth-order valence-electron chi connectivity index (χ4n) is 4.61. The summed E-state index contributed by atoms with van der Waals surface area (Å²) in [6.07, 6.45) is 6.45. The summed E-state index contributed by atoms with van der Waals surface area (Å²) in [5.41, 5.74) is 4.82. The minimum atomic E-state index is -3.12. The first-order chi connectivity index (χ1) is 17.7. The van der Waals surface area contributed by atoms with E-state index in [2.05, 4.69) is 73.5 Å². The predicted octanol–water partition coefficient (Wildman–Crippen LogP) is 8.44. The van der Waals surface area contributed by atoms with Crippen molar-refractivity contribution in [2.24, 2.45) is 0 Å². The molecule has 36 heavy (non-hydrogen) atoms. The summed E-state index contributed by atoms with van der Waals surface area (Å²) in [7, 11) is -3.12. The highest BCUT2D eigenvalue weighted by Gasteiger charge is 2.32. The Balaban J connectivity index is 1.81. The van der Waals surface area contributed by atoms with Crippen molar-refractivity contribution in [3.05, 3.63) is 132 Å². The normalized spacial score (nSPS) is 12.9.